The first-order chi connectivity index (χ1) is 16.3. The maximum absolute atomic E-state index is 12.9. The van der Waals surface area contributed by atoms with Crippen LogP contribution in [0.1, 0.15) is 51.4 Å². The molecule has 4 rings (SSSR count). The number of anilines is 1. The molecule has 0 N–H and O–H groups in total. The Morgan fingerprint density at radius 3 is 2.06 bits per heavy atom. The Morgan fingerprint density at radius 2 is 1.47 bits per heavy atom. The molecule has 0 radical (unpaired) electrons. The maximum atomic E-state index is 12.9. The fourth-order valence-corrected chi connectivity index (χ4v) is 4.32. The molecule has 2 amide bonds. The van der Waals surface area contributed by atoms with Gasteiger partial charge in [-0.2, -0.15) is 4.98 Å². The smallest absolute Gasteiger partial charge is 0.277 e. The van der Waals surface area contributed by atoms with Crippen LogP contribution in [-0.2, 0) is 6.54 Å². The monoisotopic (exact) mass is 458 g/mol. The van der Waals surface area contributed by atoms with Crippen molar-refractivity contribution in [1.29, 1.82) is 0 Å². The van der Waals surface area contributed by atoms with Crippen LogP contribution >= 0.6 is 0 Å². The molecule has 1 aliphatic heterocycles. The zero-order valence-electron chi connectivity index (χ0n) is 20.1. The third kappa shape index (κ3) is 4.51. The molecule has 176 valence electrons. The molecule has 0 spiro atoms. The first-order valence-electron chi connectivity index (χ1n) is 11.6. The SMILES string of the molecule is Cc1c(C)n(Cc2ccccc2)c(N(CCN2C(=O)c3ccccc3C2=O)CC(C)C)nc1=O. The van der Waals surface area contributed by atoms with Crippen LogP contribution in [0.3, 0.4) is 0 Å². The second-order valence-electron chi connectivity index (χ2n) is 9.15. The predicted octanol–water partition coefficient (Wildman–Crippen LogP) is 3.67. The minimum Gasteiger partial charge on any atom is -0.340 e. The lowest BCUT2D eigenvalue weighted by atomic mass is 10.1. The standard InChI is InChI=1S/C27H30N4O3/c1-18(2)16-29(14-15-30-25(33)22-12-8-9-13-23(22)26(30)34)27-28-24(32)19(3)20(4)31(27)17-21-10-6-5-7-11-21/h5-13,18H,14-17H2,1-4H3. The maximum Gasteiger partial charge on any atom is 0.277 e. The Kier molecular flexibility index (Phi) is 6.63. The van der Waals surface area contributed by atoms with Gasteiger partial charge < -0.3 is 9.47 Å². The molecule has 7 nitrogen and oxygen atoms in total. The van der Waals surface area contributed by atoms with Gasteiger partial charge in [-0.15, -0.1) is 0 Å². The van der Waals surface area contributed by atoms with Gasteiger partial charge in [0, 0.05) is 30.9 Å². The largest absolute Gasteiger partial charge is 0.340 e. The summed E-state index contributed by atoms with van der Waals surface area (Å²) in [4.78, 5) is 46.2. The number of fused-ring (bicyclic) bond motifs is 1. The molecule has 2 heterocycles. The van der Waals surface area contributed by atoms with Crippen molar-refractivity contribution < 1.29 is 9.59 Å². The third-order valence-corrected chi connectivity index (χ3v) is 6.23. The van der Waals surface area contributed by atoms with Crippen LogP contribution in [0, 0.1) is 19.8 Å². The Morgan fingerprint density at radius 1 is 0.882 bits per heavy atom. The number of nitrogens with zero attached hydrogens (tertiary/aromatic N) is 4. The molecular formula is C27H30N4O3. The second-order valence-corrected chi connectivity index (χ2v) is 9.15. The van der Waals surface area contributed by atoms with E-state index in [0.717, 1.165) is 11.3 Å². The first kappa shape index (κ1) is 23.4. The Bertz CT molecular complexity index is 1250. The molecule has 34 heavy (non-hydrogen) atoms. The van der Waals surface area contributed by atoms with E-state index in [-0.39, 0.29) is 29.8 Å². The fraction of sp³-hybridized carbons (Fsp3) is 0.333. The average molecular weight is 459 g/mol. The molecule has 1 aliphatic rings. The molecular weight excluding hydrogens is 428 g/mol. The lowest BCUT2D eigenvalue weighted by Crippen LogP contribution is -2.42. The molecule has 0 fully saturated rings. The molecule has 1 aromatic heterocycles. The predicted molar refractivity (Wildman–Crippen MR) is 132 cm³/mol. The molecule has 0 aliphatic carbocycles. The van der Waals surface area contributed by atoms with Crippen molar-refractivity contribution in [3.05, 3.63) is 92.9 Å². The van der Waals surface area contributed by atoms with Gasteiger partial charge in [0.1, 0.15) is 0 Å². The van der Waals surface area contributed by atoms with Crippen molar-refractivity contribution in [3.8, 4) is 0 Å². The molecule has 0 atom stereocenters. The summed E-state index contributed by atoms with van der Waals surface area (Å²) in [6.45, 7) is 9.71. The quantitative estimate of drug-likeness (QED) is 0.482. The van der Waals surface area contributed by atoms with Crippen molar-refractivity contribution in [2.24, 2.45) is 5.92 Å². The summed E-state index contributed by atoms with van der Waals surface area (Å²) in [5.41, 5.74) is 3.19. The first-order valence-corrected chi connectivity index (χ1v) is 11.6. The van der Waals surface area contributed by atoms with Gasteiger partial charge in [0.2, 0.25) is 5.95 Å². The fourth-order valence-electron chi connectivity index (χ4n) is 4.32. The van der Waals surface area contributed by atoms with Crippen LogP contribution in [-0.4, -0.2) is 45.9 Å². The van der Waals surface area contributed by atoms with Gasteiger partial charge in [-0.1, -0.05) is 56.3 Å². The molecule has 3 aromatic rings. The summed E-state index contributed by atoms with van der Waals surface area (Å²) in [6, 6.07) is 16.9. The van der Waals surface area contributed by atoms with Crippen LogP contribution in [0.4, 0.5) is 5.95 Å². The summed E-state index contributed by atoms with van der Waals surface area (Å²) in [6.07, 6.45) is 0. The van der Waals surface area contributed by atoms with Gasteiger partial charge >= 0.3 is 0 Å². The minimum absolute atomic E-state index is 0.215. The van der Waals surface area contributed by atoms with Gasteiger partial charge in [0.15, 0.2) is 0 Å². The number of aromatic nitrogens is 2. The number of carbonyl (C=O) groups excluding carboxylic acids is 2. The van der Waals surface area contributed by atoms with E-state index in [4.69, 9.17) is 0 Å². The third-order valence-electron chi connectivity index (χ3n) is 6.23. The van der Waals surface area contributed by atoms with Crippen molar-refractivity contribution in [3.63, 3.8) is 0 Å². The van der Waals surface area contributed by atoms with Crippen molar-refractivity contribution in [1.82, 2.24) is 14.5 Å². The van der Waals surface area contributed by atoms with E-state index >= 15 is 0 Å². The highest BCUT2D eigenvalue weighted by Crippen LogP contribution is 2.23. The van der Waals surface area contributed by atoms with E-state index in [1.165, 1.54) is 4.90 Å². The normalized spacial score (nSPS) is 13.0. The zero-order chi connectivity index (χ0) is 24.4. The highest BCUT2D eigenvalue weighted by molar-refractivity contribution is 6.21. The van der Waals surface area contributed by atoms with Crippen LogP contribution in [0.5, 0.6) is 0 Å². The van der Waals surface area contributed by atoms with E-state index < -0.39 is 0 Å². The van der Waals surface area contributed by atoms with Crippen LogP contribution in [0.25, 0.3) is 0 Å². The number of imide groups is 1. The van der Waals surface area contributed by atoms with Crippen LogP contribution in [0.15, 0.2) is 59.4 Å². The second kappa shape index (κ2) is 9.63. The highest BCUT2D eigenvalue weighted by atomic mass is 16.2. The Hall–Kier alpha value is -3.74. The summed E-state index contributed by atoms with van der Waals surface area (Å²) in [5, 5.41) is 0. The number of rotatable bonds is 8. The van der Waals surface area contributed by atoms with Gasteiger partial charge in [-0.05, 0) is 37.5 Å². The van der Waals surface area contributed by atoms with Gasteiger partial charge in [-0.25, -0.2) is 0 Å². The highest BCUT2D eigenvalue weighted by Gasteiger charge is 2.35. The number of benzene rings is 2. The van der Waals surface area contributed by atoms with E-state index in [2.05, 4.69) is 23.4 Å². The van der Waals surface area contributed by atoms with E-state index in [0.29, 0.717) is 42.3 Å². The molecule has 0 saturated carbocycles. The summed E-state index contributed by atoms with van der Waals surface area (Å²) < 4.78 is 2.05. The summed E-state index contributed by atoms with van der Waals surface area (Å²) in [5.74, 6) is 0.285. The summed E-state index contributed by atoms with van der Waals surface area (Å²) >= 11 is 0. The zero-order valence-corrected chi connectivity index (χ0v) is 20.1. The number of hydrogen-bond acceptors (Lipinski definition) is 5. The van der Waals surface area contributed by atoms with Crippen molar-refractivity contribution >= 4 is 17.8 Å². The van der Waals surface area contributed by atoms with E-state index in [1.54, 1.807) is 31.2 Å². The van der Waals surface area contributed by atoms with Crippen molar-refractivity contribution in [2.75, 3.05) is 24.5 Å². The molecule has 0 bridgehead atoms. The van der Waals surface area contributed by atoms with Gasteiger partial charge in [0.25, 0.3) is 17.4 Å². The Labute approximate surface area is 199 Å². The van der Waals surface area contributed by atoms with Gasteiger partial charge in [0.05, 0.1) is 17.7 Å². The van der Waals surface area contributed by atoms with E-state index in [9.17, 15) is 14.4 Å². The lowest BCUT2D eigenvalue weighted by Gasteiger charge is -2.30. The van der Waals surface area contributed by atoms with Crippen LogP contribution < -0.4 is 10.5 Å². The lowest BCUT2D eigenvalue weighted by molar-refractivity contribution is 0.0658. The number of amides is 2. The summed E-state index contributed by atoms with van der Waals surface area (Å²) in [7, 11) is 0. The molecule has 2 aromatic carbocycles. The minimum atomic E-state index is -0.278. The number of carbonyl (C=O) groups is 2. The molecule has 7 heteroatoms. The van der Waals surface area contributed by atoms with Gasteiger partial charge in [-0.3, -0.25) is 19.3 Å². The Balaban J connectivity index is 1.67. The molecule has 0 saturated heterocycles. The molecule has 0 unspecified atom stereocenters. The van der Waals surface area contributed by atoms with Crippen LogP contribution in [0.2, 0.25) is 0 Å². The average Bonchev–Trinajstić information content (AvgIpc) is 3.07. The number of hydrogen-bond donors (Lipinski definition) is 0. The van der Waals surface area contributed by atoms with E-state index in [1.807, 2.05) is 42.2 Å². The van der Waals surface area contributed by atoms with Crippen molar-refractivity contribution in [2.45, 2.75) is 34.2 Å². The topological polar surface area (TPSA) is 75.5 Å².